The molecule has 70 valence electrons. The number of hydrogen-bond acceptors (Lipinski definition) is 2. The Kier molecular flexibility index (Phi) is 3.81. The smallest absolute Gasteiger partial charge is 0.234 e. The summed E-state index contributed by atoms with van der Waals surface area (Å²) >= 11 is 7.23. The van der Waals surface area contributed by atoms with Crippen molar-refractivity contribution in [1.82, 2.24) is 0 Å². The first-order chi connectivity index (χ1) is 6.11. The molecular formula is C9H10BrNOS. The van der Waals surface area contributed by atoms with E-state index in [0.29, 0.717) is 0 Å². The molecule has 4 heteroatoms. The highest BCUT2D eigenvalue weighted by Crippen LogP contribution is 2.18. The number of hydrogen-bond donors (Lipinski definition) is 2. The van der Waals surface area contributed by atoms with E-state index in [4.69, 9.17) is 0 Å². The molecule has 2 nitrogen and oxygen atoms in total. The Morgan fingerprint density at radius 3 is 2.77 bits per heavy atom. The van der Waals surface area contributed by atoms with Crippen LogP contribution in [0.5, 0.6) is 0 Å². The Morgan fingerprint density at radius 1 is 1.54 bits per heavy atom. The number of benzene rings is 1. The first-order valence-electron chi connectivity index (χ1n) is 3.79. The highest BCUT2D eigenvalue weighted by atomic mass is 79.9. The molecule has 0 aliphatic heterocycles. The maximum atomic E-state index is 11.0. The van der Waals surface area contributed by atoms with Crippen molar-refractivity contribution in [2.75, 3.05) is 11.1 Å². The van der Waals surface area contributed by atoms with E-state index < -0.39 is 0 Å². The zero-order valence-electron chi connectivity index (χ0n) is 7.17. The van der Waals surface area contributed by atoms with Gasteiger partial charge in [-0.25, -0.2) is 0 Å². The third-order valence-corrected chi connectivity index (χ3v) is 2.21. The summed E-state index contributed by atoms with van der Waals surface area (Å²) in [4.78, 5) is 11.0. The van der Waals surface area contributed by atoms with Gasteiger partial charge in [-0.05, 0) is 30.7 Å². The number of nitrogens with one attached hydrogen (secondary N) is 1. The van der Waals surface area contributed by atoms with Crippen LogP contribution in [-0.2, 0) is 4.79 Å². The maximum absolute atomic E-state index is 11.0. The molecule has 0 aliphatic rings. The first-order valence-corrected chi connectivity index (χ1v) is 5.22. The fraction of sp³-hybridized carbons (Fsp3) is 0.222. The van der Waals surface area contributed by atoms with Crippen molar-refractivity contribution in [1.29, 1.82) is 0 Å². The Hall–Kier alpha value is -0.480. The minimum absolute atomic E-state index is 0.0965. The highest BCUT2D eigenvalue weighted by molar-refractivity contribution is 9.10. The molecule has 1 aromatic carbocycles. The van der Waals surface area contributed by atoms with E-state index in [1.165, 1.54) is 0 Å². The third-order valence-electron chi connectivity index (χ3n) is 1.47. The van der Waals surface area contributed by atoms with Gasteiger partial charge in [0.25, 0.3) is 0 Å². The number of halogens is 1. The molecule has 0 aliphatic carbocycles. The van der Waals surface area contributed by atoms with Crippen LogP contribution in [0, 0.1) is 6.92 Å². The van der Waals surface area contributed by atoms with Crippen molar-refractivity contribution >= 4 is 40.2 Å². The van der Waals surface area contributed by atoms with Crippen molar-refractivity contribution < 1.29 is 4.79 Å². The zero-order valence-corrected chi connectivity index (χ0v) is 9.65. The number of carbonyl (C=O) groups excluding carboxylic acids is 1. The Morgan fingerprint density at radius 2 is 2.23 bits per heavy atom. The van der Waals surface area contributed by atoms with Gasteiger partial charge in [0.2, 0.25) is 5.91 Å². The summed E-state index contributed by atoms with van der Waals surface area (Å²) in [6.07, 6.45) is 0. The molecule has 1 amide bonds. The predicted molar refractivity (Wildman–Crippen MR) is 61.4 cm³/mol. The molecule has 1 N–H and O–H groups in total. The van der Waals surface area contributed by atoms with E-state index in [2.05, 4.69) is 33.9 Å². The lowest BCUT2D eigenvalue weighted by Crippen LogP contribution is -2.12. The molecule has 13 heavy (non-hydrogen) atoms. The summed E-state index contributed by atoms with van der Waals surface area (Å²) in [5.74, 6) is 0.104. The molecule has 1 rings (SSSR count). The summed E-state index contributed by atoms with van der Waals surface area (Å²) in [6, 6.07) is 5.75. The number of rotatable bonds is 2. The van der Waals surface area contributed by atoms with Crippen LogP contribution in [0.4, 0.5) is 5.69 Å². The van der Waals surface area contributed by atoms with E-state index in [-0.39, 0.29) is 11.7 Å². The van der Waals surface area contributed by atoms with Crippen LogP contribution in [0.2, 0.25) is 0 Å². The van der Waals surface area contributed by atoms with E-state index >= 15 is 0 Å². The fourth-order valence-corrected chi connectivity index (χ4v) is 1.70. The van der Waals surface area contributed by atoms with Crippen LogP contribution in [0.1, 0.15) is 5.56 Å². The summed E-state index contributed by atoms with van der Waals surface area (Å²) < 4.78 is 0.960. The average molecular weight is 260 g/mol. The minimum atomic E-state index is -0.0965. The number of aryl methyl sites for hydroxylation is 1. The SMILES string of the molecule is Cc1cc(Br)cc(NC(=O)CS)c1. The van der Waals surface area contributed by atoms with Crippen LogP contribution < -0.4 is 5.32 Å². The molecular weight excluding hydrogens is 250 g/mol. The Bertz CT molecular complexity index is 307. The molecule has 0 fully saturated rings. The molecule has 1 aromatic rings. The van der Waals surface area contributed by atoms with E-state index in [9.17, 15) is 4.79 Å². The van der Waals surface area contributed by atoms with Crippen LogP contribution in [0.15, 0.2) is 22.7 Å². The number of anilines is 1. The first kappa shape index (κ1) is 10.6. The van der Waals surface area contributed by atoms with Crippen molar-refractivity contribution in [2.45, 2.75) is 6.92 Å². The highest BCUT2D eigenvalue weighted by Gasteiger charge is 2.00. The van der Waals surface area contributed by atoms with E-state index in [1.54, 1.807) is 0 Å². The number of carbonyl (C=O) groups is 1. The summed E-state index contributed by atoms with van der Waals surface area (Å²) in [5.41, 5.74) is 1.90. The molecule has 0 atom stereocenters. The fourth-order valence-electron chi connectivity index (χ4n) is 1.01. The average Bonchev–Trinajstić information content (AvgIpc) is 2.02. The van der Waals surface area contributed by atoms with Crippen LogP contribution in [-0.4, -0.2) is 11.7 Å². The van der Waals surface area contributed by atoms with Gasteiger partial charge < -0.3 is 5.32 Å². The quantitative estimate of drug-likeness (QED) is 0.786. The van der Waals surface area contributed by atoms with E-state index in [0.717, 1.165) is 15.7 Å². The molecule has 0 saturated carbocycles. The molecule has 0 saturated heterocycles. The third kappa shape index (κ3) is 3.40. The van der Waals surface area contributed by atoms with Crippen molar-refractivity contribution in [3.05, 3.63) is 28.2 Å². The lowest BCUT2D eigenvalue weighted by Gasteiger charge is -2.04. The van der Waals surface area contributed by atoms with Gasteiger partial charge in [0, 0.05) is 10.2 Å². The van der Waals surface area contributed by atoms with Crippen molar-refractivity contribution in [3.8, 4) is 0 Å². The molecule has 0 heterocycles. The number of thiol groups is 1. The van der Waals surface area contributed by atoms with Gasteiger partial charge >= 0.3 is 0 Å². The maximum Gasteiger partial charge on any atom is 0.234 e. The normalized spacial score (nSPS) is 9.77. The molecule has 0 unspecified atom stereocenters. The zero-order chi connectivity index (χ0) is 9.84. The minimum Gasteiger partial charge on any atom is -0.325 e. The second-order valence-corrected chi connectivity index (χ2v) is 3.96. The summed E-state index contributed by atoms with van der Waals surface area (Å²) in [7, 11) is 0. The van der Waals surface area contributed by atoms with E-state index in [1.807, 2.05) is 25.1 Å². The van der Waals surface area contributed by atoms with Gasteiger partial charge in [-0.1, -0.05) is 15.9 Å². The monoisotopic (exact) mass is 259 g/mol. The largest absolute Gasteiger partial charge is 0.325 e. The molecule has 0 spiro atoms. The Balaban J connectivity index is 2.83. The van der Waals surface area contributed by atoms with Crippen LogP contribution in [0.25, 0.3) is 0 Å². The summed E-state index contributed by atoms with van der Waals surface area (Å²) in [5, 5.41) is 2.73. The summed E-state index contributed by atoms with van der Waals surface area (Å²) in [6.45, 7) is 1.97. The topological polar surface area (TPSA) is 29.1 Å². The van der Waals surface area contributed by atoms with Gasteiger partial charge in [-0.2, -0.15) is 12.6 Å². The second-order valence-electron chi connectivity index (χ2n) is 2.72. The van der Waals surface area contributed by atoms with Crippen LogP contribution in [0.3, 0.4) is 0 Å². The number of amides is 1. The standard InChI is InChI=1S/C9H10BrNOS/c1-6-2-7(10)4-8(3-6)11-9(12)5-13/h2-4,13H,5H2,1H3,(H,11,12). The molecule has 0 radical (unpaired) electrons. The van der Waals surface area contributed by atoms with Crippen molar-refractivity contribution in [3.63, 3.8) is 0 Å². The van der Waals surface area contributed by atoms with Crippen LogP contribution >= 0.6 is 28.6 Å². The molecule has 0 bridgehead atoms. The predicted octanol–water partition coefficient (Wildman–Crippen LogP) is 2.63. The van der Waals surface area contributed by atoms with Gasteiger partial charge in [0.1, 0.15) is 0 Å². The Labute approximate surface area is 91.3 Å². The lowest BCUT2D eigenvalue weighted by atomic mass is 10.2. The second kappa shape index (κ2) is 4.67. The lowest BCUT2D eigenvalue weighted by molar-refractivity contribution is -0.113. The van der Waals surface area contributed by atoms with Crippen molar-refractivity contribution in [2.24, 2.45) is 0 Å². The van der Waals surface area contributed by atoms with Gasteiger partial charge in [-0.3, -0.25) is 4.79 Å². The van der Waals surface area contributed by atoms with Gasteiger partial charge in [0.05, 0.1) is 5.75 Å². The van der Waals surface area contributed by atoms with Gasteiger partial charge in [-0.15, -0.1) is 0 Å². The van der Waals surface area contributed by atoms with Gasteiger partial charge in [0.15, 0.2) is 0 Å². The molecule has 0 aromatic heterocycles.